The molecule has 0 aliphatic carbocycles. The summed E-state index contributed by atoms with van der Waals surface area (Å²) in [6.07, 6.45) is 6.15. The molecule has 78 valence electrons. The van der Waals surface area contributed by atoms with Crippen LogP contribution in [0.3, 0.4) is 0 Å². The number of aliphatic hydroxyl groups is 1. The van der Waals surface area contributed by atoms with Gasteiger partial charge < -0.3 is 9.84 Å². The molecule has 1 aliphatic rings. The molecule has 0 saturated carbocycles. The van der Waals surface area contributed by atoms with Crippen molar-refractivity contribution in [3.8, 4) is 0 Å². The van der Waals surface area contributed by atoms with E-state index >= 15 is 0 Å². The van der Waals surface area contributed by atoms with Gasteiger partial charge in [-0.1, -0.05) is 0 Å². The van der Waals surface area contributed by atoms with Gasteiger partial charge in [-0.25, -0.2) is 0 Å². The van der Waals surface area contributed by atoms with E-state index in [1.165, 1.54) is 0 Å². The Hall–Kier alpha value is -0.870. The van der Waals surface area contributed by atoms with E-state index in [-0.39, 0.29) is 6.10 Å². The Bertz CT molecular complexity index is 292. The third-order valence-corrected chi connectivity index (χ3v) is 2.63. The second-order valence-electron chi connectivity index (χ2n) is 3.80. The maximum atomic E-state index is 9.98. The number of ether oxygens (including phenoxy) is 1. The first-order valence-electron chi connectivity index (χ1n) is 5.05. The average molecular weight is 196 g/mol. The highest BCUT2D eigenvalue weighted by atomic mass is 16.5. The molecule has 14 heavy (non-hydrogen) atoms. The molecular weight excluding hydrogens is 180 g/mol. The summed E-state index contributed by atoms with van der Waals surface area (Å²) in [4.78, 5) is 0. The smallest absolute Gasteiger partial charge is 0.108 e. The summed E-state index contributed by atoms with van der Waals surface area (Å²) < 4.78 is 7.21. The quantitative estimate of drug-likeness (QED) is 0.768. The lowest BCUT2D eigenvalue weighted by atomic mass is 10.0. The summed E-state index contributed by atoms with van der Waals surface area (Å²) in [6, 6.07) is 0. The van der Waals surface area contributed by atoms with Crippen LogP contribution < -0.4 is 0 Å². The van der Waals surface area contributed by atoms with Crippen LogP contribution in [0.4, 0.5) is 0 Å². The second kappa shape index (κ2) is 4.11. The number of aryl methyl sites for hydroxylation is 1. The van der Waals surface area contributed by atoms with Crippen molar-refractivity contribution in [3.63, 3.8) is 0 Å². The van der Waals surface area contributed by atoms with E-state index in [4.69, 9.17) is 4.74 Å². The van der Waals surface area contributed by atoms with Crippen molar-refractivity contribution >= 4 is 0 Å². The predicted molar refractivity (Wildman–Crippen MR) is 51.8 cm³/mol. The summed E-state index contributed by atoms with van der Waals surface area (Å²) in [5.74, 6) is 0. The Morgan fingerprint density at radius 2 is 2.50 bits per heavy atom. The van der Waals surface area contributed by atoms with E-state index < -0.39 is 6.10 Å². The van der Waals surface area contributed by atoms with Gasteiger partial charge in [-0.15, -0.1) is 0 Å². The van der Waals surface area contributed by atoms with Crippen molar-refractivity contribution in [1.29, 1.82) is 0 Å². The molecule has 1 aliphatic heterocycles. The third kappa shape index (κ3) is 1.96. The van der Waals surface area contributed by atoms with Crippen LogP contribution in [0.5, 0.6) is 0 Å². The summed E-state index contributed by atoms with van der Waals surface area (Å²) in [5.41, 5.74) is 0.847. The van der Waals surface area contributed by atoms with Crippen LogP contribution in [0, 0.1) is 0 Å². The molecule has 4 heteroatoms. The van der Waals surface area contributed by atoms with Crippen LogP contribution in [-0.2, 0) is 11.8 Å². The van der Waals surface area contributed by atoms with Gasteiger partial charge in [0.1, 0.15) is 6.10 Å². The average Bonchev–Trinajstić information content (AvgIpc) is 2.65. The van der Waals surface area contributed by atoms with Gasteiger partial charge in [0, 0.05) is 25.4 Å². The minimum absolute atomic E-state index is 0.0482. The Labute approximate surface area is 83.5 Å². The molecule has 1 fully saturated rings. The molecule has 1 N–H and O–H groups in total. The van der Waals surface area contributed by atoms with Crippen molar-refractivity contribution < 1.29 is 9.84 Å². The minimum Gasteiger partial charge on any atom is -0.386 e. The zero-order valence-corrected chi connectivity index (χ0v) is 8.39. The Kier molecular flexibility index (Phi) is 2.84. The fraction of sp³-hybridized carbons (Fsp3) is 0.700. The maximum absolute atomic E-state index is 9.98. The van der Waals surface area contributed by atoms with Crippen LogP contribution in [0.25, 0.3) is 0 Å². The topological polar surface area (TPSA) is 47.3 Å². The number of nitrogens with zero attached hydrogens (tertiary/aromatic N) is 2. The lowest BCUT2D eigenvalue weighted by Crippen LogP contribution is -2.26. The normalized spacial score (nSPS) is 24.9. The highest BCUT2D eigenvalue weighted by Crippen LogP contribution is 2.25. The molecule has 2 unspecified atom stereocenters. The van der Waals surface area contributed by atoms with E-state index in [0.717, 1.165) is 31.4 Å². The molecule has 0 spiro atoms. The fourth-order valence-electron chi connectivity index (χ4n) is 1.82. The van der Waals surface area contributed by atoms with E-state index in [1.54, 1.807) is 10.9 Å². The summed E-state index contributed by atoms with van der Waals surface area (Å²) in [7, 11) is 1.85. The molecule has 0 radical (unpaired) electrons. The fourth-order valence-corrected chi connectivity index (χ4v) is 1.82. The molecule has 1 saturated heterocycles. The largest absolute Gasteiger partial charge is 0.386 e. The van der Waals surface area contributed by atoms with Crippen LogP contribution in [0.15, 0.2) is 12.4 Å². The lowest BCUT2D eigenvalue weighted by molar-refractivity contribution is -0.0633. The Morgan fingerprint density at radius 3 is 3.07 bits per heavy atom. The van der Waals surface area contributed by atoms with Gasteiger partial charge in [0.05, 0.1) is 12.3 Å². The van der Waals surface area contributed by atoms with Crippen LogP contribution in [-0.4, -0.2) is 27.6 Å². The zero-order chi connectivity index (χ0) is 9.97. The van der Waals surface area contributed by atoms with Crippen molar-refractivity contribution in [2.24, 2.45) is 7.05 Å². The van der Waals surface area contributed by atoms with Crippen molar-refractivity contribution in [2.45, 2.75) is 31.5 Å². The molecule has 1 aromatic rings. The van der Waals surface area contributed by atoms with Gasteiger partial charge in [-0.05, 0) is 19.3 Å². The first-order valence-corrected chi connectivity index (χ1v) is 5.05. The summed E-state index contributed by atoms with van der Waals surface area (Å²) >= 11 is 0. The Balaban J connectivity index is 2.03. The van der Waals surface area contributed by atoms with Gasteiger partial charge in [0.2, 0.25) is 0 Å². The standard InChI is InChI=1S/C10H16N2O2/c1-12-7-8(6-11-12)10(13)9-4-2-3-5-14-9/h6-7,9-10,13H,2-5H2,1H3. The minimum atomic E-state index is -0.524. The van der Waals surface area contributed by atoms with Crippen molar-refractivity contribution in [1.82, 2.24) is 9.78 Å². The number of hydrogen-bond acceptors (Lipinski definition) is 3. The molecule has 1 aromatic heterocycles. The molecule has 2 rings (SSSR count). The van der Waals surface area contributed by atoms with Crippen LogP contribution in [0.2, 0.25) is 0 Å². The van der Waals surface area contributed by atoms with Crippen LogP contribution in [0.1, 0.15) is 30.9 Å². The third-order valence-electron chi connectivity index (χ3n) is 2.63. The molecule has 0 amide bonds. The van der Waals surface area contributed by atoms with E-state index in [9.17, 15) is 5.11 Å². The highest BCUT2D eigenvalue weighted by molar-refractivity contribution is 5.09. The number of aliphatic hydroxyl groups excluding tert-OH is 1. The van der Waals surface area contributed by atoms with Gasteiger partial charge >= 0.3 is 0 Å². The van der Waals surface area contributed by atoms with Gasteiger partial charge in [0.15, 0.2) is 0 Å². The maximum Gasteiger partial charge on any atom is 0.108 e. The number of hydrogen-bond donors (Lipinski definition) is 1. The highest BCUT2D eigenvalue weighted by Gasteiger charge is 2.24. The molecule has 2 atom stereocenters. The predicted octanol–water partition coefficient (Wildman–Crippen LogP) is 1.02. The first-order chi connectivity index (χ1) is 6.77. The van der Waals surface area contributed by atoms with E-state index in [2.05, 4.69) is 5.10 Å². The van der Waals surface area contributed by atoms with Gasteiger partial charge in [-0.3, -0.25) is 4.68 Å². The SMILES string of the molecule is Cn1cc(C(O)C2CCCCO2)cn1. The molecule has 2 heterocycles. The molecule has 0 aromatic carbocycles. The van der Waals surface area contributed by atoms with Gasteiger partial charge in [-0.2, -0.15) is 5.10 Å². The molecule has 4 nitrogen and oxygen atoms in total. The zero-order valence-electron chi connectivity index (χ0n) is 8.39. The number of rotatable bonds is 2. The monoisotopic (exact) mass is 196 g/mol. The number of aromatic nitrogens is 2. The second-order valence-corrected chi connectivity index (χ2v) is 3.80. The van der Waals surface area contributed by atoms with E-state index in [0.29, 0.717) is 0 Å². The Morgan fingerprint density at radius 1 is 1.64 bits per heavy atom. The van der Waals surface area contributed by atoms with Gasteiger partial charge in [0.25, 0.3) is 0 Å². The molecule has 0 bridgehead atoms. The lowest BCUT2D eigenvalue weighted by Gasteiger charge is -2.26. The van der Waals surface area contributed by atoms with E-state index in [1.807, 2.05) is 13.2 Å². The van der Waals surface area contributed by atoms with Crippen LogP contribution >= 0.6 is 0 Å². The molecular formula is C10H16N2O2. The van der Waals surface area contributed by atoms with Crippen molar-refractivity contribution in [2.75, 3.05) is 6.61 Å². The summed E-state index contributed by atoms with van der Waals surface area (Å²) in [6.45, 7) is 0.766. The summed E-state index contributed by atoms with van der Waals surface area (Å²) in [5, 5.41) is 14.0. The first kappa shape index (κ1) is 9.68. The van der Waals surface area contributed by atoms with Crippen molar-refractivity contribution in [3.05, 3.63) is 18.0 Å².